The molecule has 0 aromatic rings. The molecule has 2 fully saturated rings. The lowest BCUT2D eigenvalue weighted by atomic mass is 9.74. The van der Waals surface area contributed by atoms with Crippen LogP contribution in [0.1, 0.15) is 65.7 Å². The van der Waals surface area contributed by atoms with Crippen LogP contribution in [0.4, 0.5) is 0 Å². The van der Waals surface area contributed by atoms with Crippen molar-refractivity contribution in [3.05, 3.63) is 59.8 Å². The molecule has 1 saturated carbocycles. The lowest BCUT2D eigenvalue weighted by molar-refractivity contribution is -0.308. The first kappa shape index (κ1) is 31.6. The zero-order chi connectivity index (χ0) is 29.5. The van der Waals surface area contributed by atoms with E-state index >= 15 is 0 Å². The Kier molecular flexibility index (Phi) is 11.3. The van der Waals surface area contributed by atoms with Crippen molar-refractivity contribution in [2.45, 2.75) is 109 Å². The van der Waals surface area contributed by atoms with Crippen LogP contribution in [0.5, 0.6) is 0 Å². The largest absolute Gasteiger partial charge is 0.458 e. The summed E-state index contributed by atoms with van der Waals surface area (Å²) in [5.41, 5.74) is 1.72. The normalized spacial score (nSPS) is 43.0. The summed E-state index contributed by atoms with van der Waals surface area (Å²) in [6.45, 7) is 5.56. The number of aliphatic hydroxyl groups is 2. The summed E-state index contributed by atoms with van der Waals surface area (Å²) < 4.78 is 23.4. The molecular formula is C33H46O8. The van der Waals surface area contributed by atoms with Gasteiger partial charge in [-0.3, -0.25) is 9.59 Å². The number of ketones is 1. The molecule has 226 valence electrons. The molecule has 41 heavy (non-hydrogen) atoms. The zero-order valence-corrected chi connectivity index (χ0v) is 24.7. The molecule has 0 aromatic carbocycles. The standard InChI is InChI=1S/C33H46O8/c1-5-24-11-9-7-6-8-10-20(2)28(34)16-15-26-22(14-17-29(35)40-24)12-13-23-18-25(19-27(23)26)41-33-32(38-4)31(37)30(36)21(3)39-33/h9-16,21,23-27,30-33,36-37H,5-8,17-19H2,1-4H3/b11-9+,16-15+,20-10-,22-14+/t21-,23+,24?,25+,26?,27+,30-,31+,32+,33-/m0/s1. The highest BCUT2D eigenvalue weighted by molar-refractivity contribution is 6.03. The van der Waals surface area contributed by atoms with Crippen molar-refractivity contribution < 1.29 is 38.7 Å². The molecule has 1 saturated heterocycles. The Morgan fingerprint density at radius 2 is 1.83 bits per heavy atom. The molecular weight excluding hydrogens is 524 g/mol. The second kappa shape index (κ2) is 14.7. The van der Waals surface area contributed by atoms with Gasteiger partial charge in [-0.05, 0) is 87.5 Å². The predicted octanol–water partition coefficient (Wildman–Crippen LogP) is 4.52. The Labute approximate surface area is 243 Å². The number of cyclic esters (lactones) is 1. The maximum Gasteiger partial charge on any atom is 0.310 e. The molecule has 2 heterocycles. The van der Waals surface area contributed by atoms with Crippen molar-refractivity contribution in [3.63, 3.8) is 0 Å². The monoisotopic (exact) mass is 570 g/mol. The SMILES string of the molecule is CCC1/C=C/CCC/C=C(/C)C(=O)/C=C/C2/C(=C/CC(=O)O1)C=C[C@@H]1C[C@@H](O[C@@H]3O[C@@H](C)[C@H](O)[C@@H](O)[C@H]3OC)C[C@@H]21. The molecule has 8 heteroatoms. The van der Waals surface area contributed by atoms with Gasteiger partial charge in [0.2, 0.25) is 0 Å². The van der Waals surface area contributed by atoms with Crippen LogP contribution >= 0.6 is 0 Å². The van der Waals surface area contributed by atoms with Crippen molar-refractivity contribution >= 4 is 11.8 Å². The molecule has 2 aliphatic carbocycles. The molecule has 0 amide bonds. The van der Waals surface area contributed by atoms with Crippen LogP contribution in [0.3, 0.4) is 0 Å². The first-order valence-electron chi connectivity index (χ1n) is 15.0. The highest BCUT2D eigenvalue weighted by Gasteiger charge is 2.47. The Hall–Kier alpha value is -2.36. The van der Waals surface area contributed by atoms with Gasteiger partial charge in [-0.2, -0.15) is 0 Å². The fourth-order valence-corrected chi connectivity index (χ4v) is 6.30. The second-order valence-electron chi connectivity index (χ2n) is 11.6. The molecule has 10 atom stereocenters. The van der Waals surface area contributed by atoms with Crippen molar-refractivity contribution in [3.8, 4) is 0 Å². The summed E-state index contributed by atoms with van der Waals surface area (Å²) in [6.07, 6.45) is 15.9. The first-order chi connectivity index (χ1) is 19.7. The van der Waals surface area contributed by atoms with Gasteiger partial charge in [0.1, 0.15) is 24.4 Å². The van der Waals surface area contributed by atoms with E-state index in [1.165, 1.54) is 7.11 Å². The summed E-state index contributed by atoms with van der Waals surface area (Å²) in [5, 5.41) is 20.7. The minimum atomic E-state index is -1.11. The fourth-order valence-electron chi connectivity index (χ4n) is 6.30. The number of allylic oxidation sites excluding steroid dienone is 8. The average molecular weight is 571 g/mol. The third-order valence-corrected chi connectivity index (χ3v) is 8.79. The molecule has 2 aliphatic heterocycles. The van der Waals surface area contributed by atoms with E-state index in [2.05, 4.69) is 18.2 Å². The Bertz CT molecular complexity index is 1070. The molecule has 4 aliphatic rings. The van der Waals surface area contributed by atoms with Gasteiger partial charge in [0.05, 0.1) is 18.6 Å². The number of carbonyl (C=O) groups is 2. The van der Waals surface area contributed by atoms with E-state index in [0.717, 1.165) is 36.8 Å². The van der Waals surface area contributed by atoms with Crippen LogP contribution in [0.15, 0.2) is 59.8 Å². The van der Waals surface area contributed by atoms with Gasteiger partial charge in [-0.15, -0.1) is 0 Å². The minimum absolute atomic E-state index is 0.00774. The van der Waals surface area contributed by atoms with Crippen molar-refractivity contribution in [2.75, 3.05) is 7.11 Å². The van der Waals surface area contributed by atoms with Gasteiger partial charge in [0.15, 0.2) is 12.1 Å². The number of methoxy groups -OCH3 is 1. The van der Waals surface area contributed by atoms with E-state index in [1.54, 1.807) is 13.0 Å². The van der Waals surface area contributed by atoms with Crippen molar-refractivity contribution in [1.82, 2.24) is 0 Å². The third kappa shape index (κ3) is 7.93. The van der Waals surface area contributed by atoms with Gasteiger partial charge in [-0.25, -0.2) is 0 Å². The van der Waals surface area contributed by atoms with Crippen LogP contribution in [-0.2, 0) is 28.5 Å². The third-order valence-electron chi connectivity index (χ3n) is 8.79. The average Bonchev–Trinajstić information content (AvgIpc) is 3.37. The van der Waals surface area contributed by atoms with Crippen LogP contribution in [0.2, 0.25) is 0 Å². The van der Waals surface area contributed by atoms with E-state index in [0.29, 0.717) is 12.8 Å². The molecule has 2 unspecified atom stereocenters. The number of esters is 1. The summed E-state index contributed by atoms with van der Waals surface area (Å²) in [4.78, 5) is 25.7. The fraction of sp³-hybridized carbons (Fsp3) is 0.636. The molecule has 0 bridgehead atoms. The number of ether oxygens (including phenoxy) is 4. The molecule has 8 nitrogen and oxygen atoms in total. The Morgan fingerprint density at radius 3 is 2.59 bits per heavy atom. The molecule has 0 radical (unpaired) electrons. The van der Waals surface area contributed by atoms with Crippen LogP contribution in [0, 0.1) is 17.8 Å². The van der Waals surface area contributed by atoms with Gasteiger partial charge >= 0.3 is 5.97 Å². The van der Waals surface area contributed by atoms with E-state index in [-0.39, 0.29) is 48.1 Å². The Balaban J connectivity index is 1.54. The van der Waals surface area contributed by atoms with Gasteiger partial charge in [0, 0.05) is 13.0 Å². The van der Waals surface area contributed by atoms with E-state index < -0.39 is 30.7 Å². The van der Waals surface area contributed by atoms with Crippen molar-refractivity contribution in [1.29, 1.82) is 0 Å². The number of hydrogen-bond acceptors (Lipinski definition) is 8. The van der Waals surface area contributed by atoms with Crippen molar-refractivity contribution in [2.24, 2.45) is 17.8 Å². The molecule has 2 N–H and O–H groups in total. The smallest absolute Gasteiger partial charge is 0.310 e. The van der Waals surface area contributed by atoms with Gasteiger partial charge in [-0.1, -0.05) is 43.4 Å². The number of aliphatic hydroxyl groups excluding tert-OH is 2. The first-order valence-corrected chi connectivity index (χ1v) is 15.0. The molecule has 0 aromatic heterocycles. The van der Waals surface area contributed by atoms with Gasteiger partial charge < -0.3 is 29.2 Å². The van der Waals surface area contributed by atoms with Crippen LogP contribution in [-0.4, -0.2) is 72.0 Å². The number of rotatable bonds is 4. The van der Waals surface area contributed by atoms with E-state index in [4.69, 9.17) is 18.9 Å². The zero-order valence-electron chi connectivity index (χ0n) is 24.7. The number of carbonyl (C=O) groups excluding carboxylic acids is 2. The number of hydrogen-bond donors (Lipinski definition) is 2. The molecule has 0 spiro atoms. The predicted molar refractivity (Wildman–Crippen MR) is 155 cm³/mol. The molecule has 4 rings (SSSR count). The lowest BCUT2D eigenvalue weighted by Crippen LogP contribution is -2.58. The maximum absolute atomic E-state index is 13.0. The number of fused-ring (bicyclic) bond motifs is 3. The summed E-state index contributed by atoms with van der Waals surface area (Å²) in [6, 6.07) is 0. The van der Waals surface area contributed by atoms with Gasteiger partial charge in [0.25, 0.3) is 0 Å². The topological polar surface area (TPSA) is 112 Å². The van der Waals surface area contributed by atoms with E-state index in [1.807, 2.05) is 38.2 Å². The highest BCUT2D eigenvalue weighted by Crippen LogP contribution is 2.47. The maximum atomic E-state index is 13.0. The summed E-state index contributed by atoms with van der Waals surface area (Å²) >= 11 is 0. The van der Waals surface area contributed by atoms with Crippen LogP contribution < -0.4 is 0 Å². The minimum Gasteiger partial charge on any atom is -0.458 e. The van der Waals surface area contributed by atoms with E-state index in [9.17, 15) is 19.8 Å². The Morgan fingerprint density at radius 1 is 1.02 bits per heavy atom. The summed E-state index contributed by atoms with van der Waals surface area (Å²) in [5.74, 6) is 0.0233. The van der Waals surface area contributed by atoms with Crippen LogP contribution in [0.25, 0.3) is 0 Å². The summed E-state index contributed by atoms with van der Waals surface area (Å²) in [7, 11) is 1.47. The second-order valence-corrected chi connectivity index (χ2v) is 11.6. The lowest BCUT2D eigenvalue weighted by Gasteiger charge is -2.41. The quantitative estimate of drug-likeness (QED) is 0.375. The highest BCUT2D eigenvalue weighted by atomic mass is 16.7.